The number of hydrogen-bond donors (Lipinski definition) is 1. The average molecular weight is 298 g/mol. The molecule has 0 radical (unpaired) electrons. The maximum atomic E-state index is 11.2. The lowest BCUT2D eigenvalue weighted by molar-refractivity contribution is -0.119. The third kappa shape index (κ3) is 4.34. The summed E-state index contributed by atoms with van der Waals surface area (Å²) in [4.78, 5) is 19.8. The van der Waals surface area contributed by atoms with Gasteiger partial charge in [-0.05, 0) is 45.6 Å². The van der Waals surface area contributed by atoms with Gasteiger partial charge in [0.15, 0.2) is 0 Å². The molecule has 0 unspecified atom stereocenters. The van der Waals surface area contributed by atoms with Gasteiger partial charge in [-0.15, -0.1) is 11.6 Å². The van der Waals surface area contributed by atoms with Crippen molar-refractivity contribution in [2.45, 2.75) is 51.7 Å². The van der Waals surface area contributed by atoms with E-state index in [1.54, 1.807) is 0 Å². The molecule has 1 heterocycles. The van der Waals surface area contributed by atoms with Crippen molar-refractivity contribution in [3.05, 3.63) is 17.5 Å². The number of carbonyl (C=O) groups is 1. The third-order valence-electron chi connectivity index (χ3n) is 3.39. The molecule has 1 aliphatic rings. The van der Waals surface area contributed by atoms with E-state index in [1.807, 2.05) is 19.9 Å². The number of carbonyl (C=O) groups excluding carboxylic acids is 1. The molecule has 2 rings (SSSR count). The Hall–Kier alpha value is -1.36. The van der Waals surface area contributed by atoms with Crippen molar-refractivity contribution in [3.8, 4) is 6.01 Å². The Morgan fingerprint density at radius 3 is 2.45 bits per heavy atom. The number of nitrogens with one attached hydrogen (secondary N) is 1. The van der Waals surface area contributed by atoms with Gasteiger partial charge in [0.05, 0.1) is 0 Å². The van der Waals surface area contributed by atoms with E-state index < -0.39 is 0 Å². The Balaban J connectivity index is 1.83. The second-order valence-corrected chi connectivity index (χ2v) is 5.49. The van der Waals surface area contributed by atoms with Crippen LogP contribution in [0.5, 0.6) is 6.01 Å². The van der Waals surface area contributed by atoms with E-state index in [2.05, 4.69) is 15.3 Å². The van der Waals surface area contributed by atoms with Gasteiger partial charge >= 0.3 is 6.01 Å². The zero-order valence-corrected chi connectivity index (χ0v) is 12.6. The lowest BCUT2D eigenvalue weighted by Gasteiger charge is -2.28. The number of aromatic nitrogens is 2. The summed E-state index contributed by atoms with van der Waals surface area (Å²) in [6, 6.07) is 2.59. The molecule has 6 heteroatoms. The van der Waals surface area contributed by atoms with E-state index in [0.717, 1.165) is 37.1 Å². The Morgan fingerprint density at radius 2 is 1.90 bits per heavy atom. The van der Waals surface area contributed by atoms with Crippen molar-refractivity contribution in [1.29, 1.82) is 0 Å². The lowest BCUT2D eigenvalue weighted by atomic mass is 9.93. The summed E-state index contributed by atoms with van der Waals surface area (Å²) in [5, 5.41) is 2.91. The molecule has 0 aliphatic heterocycles. The molecule has 0 aromatic carbocycles. The van der Waals surface area contributed by atoms with Gasteiger partial charge in [-0.25, -0.2) is 9.97 Å². The van der Waals surface area contributed by atoms with Crippen molar-refractivity contribution in [2.75, 3.05) is 5.88 Å². The Labute approximate surface area is 124 Å². The maximum absolute atomic E-state index is 11.2. The molecule has 5 nitrogen and oxygen atoms in total. The van der Waals surface area contributed by atoms with Crippen molar-refractivity contribution in [2.24, 2.45) is 0 Å². The van der Waals surface area contributed by atoms with Crippen LogP contribution in [0.4, 0.5) is 0 Å². The quantitative estimate of drug-likeness (QED) is 0.865. The van der Waals surface area contributed by atoms with Gasteiger partial charge in [-0.1, -0.05) is 0 Å². The largest absolute Gasteiger partial charge is 0.460 e. The number of alkyl halides is 1. The summed E-state index contributed by atoms with van der Waals surface area (Å²) in [6.45, 7) is 3.86. The molecule has 1 amide bonds. The zero-order valence-electron chi connectivity index (χ0n) is 11.9. The second kappa shape index (κ2) is 6.88. The first-order valence-electron chi connectivity index (χ1n) is 6.91. The van der Waals surface area contributed by atoms with Crippen molar-refractivity contribution >= 4 is 17.5 Å². The fourth-order valence-electron chi connectivity index (χ4n) is 2.49. The van der Waals surface area contributed by atoms with Crippen LogP contribution in [0.25, 0.3) is 0 Å². The predicted molar refractivity (Wildman–Crippen MR) is 77.0 cm³/mol. The summed E-state index contributed by atoms with van der Waals surface area (Å²) in [5.41, 5.74) is 1.83. The van der Waals surface area contributed by atoms with Crippen LogP contribution < -0.4 is 10.1 Å². The Kier molecular flexibility index (Phi) is 5.17. The van der Waals surface area contributed by atoms with Gasteiger partial charge in [-0.3, -0.25) is 4.79 Å². The van der Waals surface area contributed by atoms with E-state index in [-0.39, 0.29) is 23.9 Å². The van der Waals surface area contributed by atoms with Crippen LogP contribution in [0, 0.1) is 13.8 Å². The number of rotatable bonds is 4. The topological polar surface area (TPSA) is 64.1 Å². The zero-order chi connectivity index (χ0) is 14.5. The minimum absolute atomic E-state index is 0.0207. The molecule has 0 spiro atoms. The number of hydrogen-bond acceptors (Lipinski definition) is 4. The number of aryl methyl sites for hydroxylation is 2. The van der Waals surface area contributed by atoms with Gasteiger partial charge < -0.3 is 10.1 Å². The summed E-state index contributed by atoms with van der Waals surface area (Å²) in [7, 11) is 0. The molecule has 20 heavy (non-hydrogen) atoms. The van der Waals surface area contributed by atoms with Crippen LogP contribution >= 0.6 is 11.6 Å². The normalized spacial score (nSPS) is 22.4. The lowest BCUT2D eigenvalue weighted by Crippen LogP contribution is -2.40. The first-order valence-corrected chi connectivity index (χ1v) is 7.44. The van der Waals surface area contributed by atoms with E-state index in [0.29, 0.717) is 6.01 Å². The molecule has 0 atom stereocenters. The van der Waals surface area contributed by atoms with E-state index in [1.165, 1.54) is 0 Å². The summed E-state index contributed by atoms with van der Waals surface area (Å²) >= 11 is 5.48. The molecular weight excluding hydrogens is 278 g/mol. The number of ether oxygens (including phenoxy) is 1. The molecule has 1 aliphatic carbocycles. The van der Waals surface area contributed by atoms with Gasteiger partial charge in [-0.2, -0.15) is 0 Å². The van der Waals surface area contributed by atoms with Gasteiger partial charge in [0.25, 0.3) is 0 Å². The average Bonchev–Trinajstić information content (AvgIpc) is 2.39. The number of halogens is 1. The predicted octanol–water partition coefficient (Wildman–Crippen LogP) is 2.14. The number of amides is 1. The maximum Gasteiger partial charge on any atom is 0.317 e. The molecule has 1 saturated carbocycles. The molecular formula is C14H20ClN3O2. The smallest absolute Gasteiger partial charge is 0.317 e. The Morgan fingerprint density at radius 1 is 1.30 bits per heavy atom. The van der Waals surface area contributed by atoms with Crippen molar-refractivity contribution in [3.63, 3.8) is 0 Å². The fourth-order valence-corrected chi connectivity index (χ4v) is 2.56. The van der Waals surface area contributed by atoms with Gasteiger partial charge in [0.2, 0.25) is 5.91 Å². The van der Waals surface area contributed by atoms with Crippen LogP contribution in [0.2, 0.25) is 0 Å². The highest BCUT2D eigenvalue weighted by Crippen LogP contribution is 2.22. The van der Waals surface area contributed by atoms with Crippen molar-refractivity contribution in [1.82, 2.24) is 15.3 Å². The van der Waals surface area contributed by atoms with Crippen LogP contribution in [0.1, 0.15) is 37.1 Å². The van der Waals surface area contributed by atoms with Gasteiger partial charge in [0, 0.05) is 17.4 Å². The molecule has 0 saturated heterocycles. The highest BCUT2D eigenvalue weighted by molar-refractivity contribution is 6.27. The second-order valence-electron chi connectivity index (χ2n) is 5.23. The molecule has 0 bridgehead atoms. The SMILES string of the molecule is Cc1cc(C)nc(OC2CCC(NC(=O)CCl)CC2)n1. The first kappa shape index (κ1) is 15.0. The molecule has 1 aromatic heterocycles. The molecule has 1 fully saturated rings. The fraction of sp³-hybridized carbons (Fsp3) is 0.643. The van der Waals surface area contributed by atoms with Crippen LogP contribution in [-0.4, -0.2) is 33.9 Å². The van der Waals surface area contributed by atoms with E-state index >= 15 is 0 Å². The summed E-state index contributed by atoms with van der Waals surface area (Å²) in [6.07, 6.45) is 3.71. The highest BCUT2D eigenvalue weighted by atomic mass is 35.5. The highest BCUT2D eigenvalue weighted by Gasteiger charge is 2.24. The minimum Gasteiger partial charge on any atom is -0.460 e. The van der Waals surface area contributed by atoms with Crippen LogP contribution in [-0.2, 0) is 4.79 Å². The molecule has 1 N–H and O–H groups in total. The van der Waals surface area contributed by atoms with Crippen LogP contribution in [0.15, 0.2) is 6.07 Å². The number of nitrogens with zero attached hydrogens (tertiary/aromatic N) is 2. The standard InChI is InChI=1S/C14H20ClN3O2/c1-9-7-10(2)17-14(16-9)20-12-5-3-11(4-6-12)18-13(19)8-15/h7,11-12H,3-6,8H2,1-2H3,(H,18,19). The third-order valence-corrected chi connectivity index (χ3v) is 3.64. The van der Waals surface area contributed by atoms with Crippen molar-refractivity contribution < 1.29 is 9.53 Å². The summed E-state index contributed by atoms with van der Waals surface area (Å²) in [5.74, 6) is -0.0824. The Bertz CT molecular complexity index is 453. The minimum atomic E-state index is -0.103. The molecule has 1 aromatic rings. The first-order chi connectivity index (χ1) is 9.56. The van der Waals surface area contributed by atoms with E-state index in [4.69, 9.17) is 16.3 Å². The van der Waals surface area contributed by atoms with Gasteiger partial charge in [0.1, 0.15) is 12.0 Å². The molecule has 110 valence electrons. The monoisotopic (exact) mass is 297 g/mol. The summed E-state index contributed by atoms with van der Waals surface area (Å²) < 4.78 is 5.84. The van der Waals surface area contributed by atoms with Crippen LogP contribution in [0.3, 0.4) is 0 Å². The van der Waals surface area contributed by atoms with E-state index in [9.17, 15) is 4.79 Å².